The van der Waals surface area contributed by atoms with Crippen molar-refractivity contribution in [3.8, 4) is 0 Å². The molecule has 1 N–H and O–H groups in total. The van der Waals surface area contributed by atoms with Crippen molar-refractivity contribution in [3.63, 3.8) is 0 Å². The average Bonchev–Trinajstić information content (AvgIpc) is 2.94. The summed E-state index contributed by atoms with van der Waals surface area (Å²) in [5.41, 5.74) is 0.682. The van der Waals surface area contributed by atoms with Crippen LogP contribution in [0.5, 0.6) is 0 Å². The maximum atomic E-state index is 9.72. The topological polar surface area (TPSA) is 20.2 Å². The molecule has 2 unspecified atom stereocenters. The van der Waals surface area contributed by atoms with Crippen LogP contribution in [0.4, 0.5) is 0 Å². The van der Waals surface area contributed by atoms with Crippen LogP contribution in [-0.4, -0.2) is 10.5 Å². The van der Waals surface area contributed by atoms with Gasteiger partial charge in [-0.15, -0.1) is 12.6 Å². The lowest BCUT2D eigenvalue weighted by Gasteiger charge is -2.51. The van der Waals surface area contributed by atoms with Crippen LogP contribution in [0, 0.1) is 35.5 Å². The zero-order chi connectivity index (χ0) is 13.7. The Morgan fingerprint density at radius 1 is 0.900 bits per heavy atom. The van der Waals surface area contributed by atoms with E-state index in [0.29, 0.717) is 0 Å². The molecule has 0 spiro atoms. The van der Waals surface area contributed by atoms with Crippen LogP contribution in [0.15, 0.2) is 11.6 Å². The van der Waals surface area contributed by atoms with E-state index in [0.717, 1.165) is 41.9 Å². The summed E-state index contributed by atoms with van der Waals surface area (Å²) in [6.07, 6.45) is 15.1. The van der Waals surface area contributed by atoms with E-state index in [9.17, 15) is 5.11 Å². The highest BCUT2D eigenvalue weighted by molar-refractivity contribution is 7.80. The van der Waals surface area contributed by atoms with Crippen molar-refractivity contribution in [1.29, 1.82) is 0 Å². The van der Waals surface area contributed by atoms with Gasteiger partial charge in [0.15, 0.2) is 0 Å². The van der Waals surface area contributed by atoms with E-state index in [2.05, 4.69) is 18.7 Å². The van der Waals surface area contributed by atoms with Crippen molar-refractivity contribution in [2.24, 2.45) is 35.5 Å². The summed E-state index contributed by atoms with van der Waals surface area (Å²) in [7, 11) is 0. The Kier molecular flexibility index (Phi) is 3.67. The van der Waals surface area contributed by atoms with Crippen LogP contribution in [0.1, 0.15) is 57.8 Å². The van der Waals surface area contributed by atoms with Crippen molar-refractivity contribution in [2.45, 2.75) is 63.2 Å². The lowest BCUT2D eigenvalue weighted by Crippen LogP contribution is -2.43. The molecule has 0 radical (unpaired) electrons. The van der Waals surface area contributed by atoms with Crippen molar-refractivity contribution < 1.29 is 5.11 Å². The number of allylic oxidation sites excluding steroid dienone is 1. The Balaban J connectivity index is 1.53. The van der Waals surface area contributed by atoms with Gasteiger partial charge in [-0.1, -0.05) is 18.9 Å². The monoisotopic (exact) mass is 292 g/mol. The predicted octanol–water partition coefficient (Wildman–Crippen LogP) is 4.42. The summed E-state index contributed by atoms with van der Waals surface area (Å²) < 4.78 is 0. The molecule has 4 rings (SSSR count). The Morgan fingerprint density at radius 2 is 1.65 bits per heavy atom. The van der Waals surface area contributed by atoms with Gasteiger partial charge in [0.1, 0.15) is 5.44 Å². The predicted molar refractivity (Wildman–Crippen MR) is 85.6 cm³/mol. The van der Waals surface area contributed by atoms with Gasteiger partial charge in [0, 0.05) is 0 Å². The fourth-order valence-corrected chi connectivity index (χ4v) is 6.57. The van der Waals surface area contributed by atoms with E-state index in [1.807, 2.05) is 0 Å². The maximum absolute atomic E-state index is 9.72. The average molecular weight is 292 g/mol. The van der Waals surface area contributed by atoms with Crippen molar-refractivity contribution >= 4 is 12.6 Å². The molecular formula is C18H28OS. The van der Waals surface area contributed by atoms with Crippen molar-refractivity contribution in [1.82, 2.24) is 0 Å². The smallest absolute Gasteiger partial charge is 0.118 e. The normalized spacial score (nSPS) is 48.8. The minimum atomic E-state index is -0.515. The highest BCUT2D eigenvalue weighted by Crippen LogP contribution is 2.57. The summed E-state index contributed by atoms with van der Waals surface area (Å²) >= 11 is 4.23. The van der Waals surface area contributed by atoms with Crippen LogP contribution < -0.4 is 0 Å². The maximum Gasteiger partial charge on any atom is 0.118 e. The number of aliphatic hydroxyl groups excluding tert-OH is 1. The lowest BCUT2D eigenvalue weighted by molar-refractivity contribution is -0.00414. The molecule has 0 saturated heterocycles. The summed E-state index contributed by atoms with van der Waals surface area (Å²) in [5.74, 6) is 5.98. The molecule has 0 amide bonds. The first-order valence-corrected chi connectivity index (χ1v) is 9.30. The molecule has 20 heavy (non-hydrogen) atoms. The molecule has 0 heterocycles. The number of fused-ring (bicyclic) bond motifs is 5. The zero-order valence-electron chi connectivity index (χ0n) is 12.4. The molecule has 112 valence electrons. The summed E-state index contributed by atoms with van der Waals surface area (Å²) in [5, 5.41) is 9.72. The molecule has 0 aromatic carbocycles. The van der Waals surface area contributed by atoms with E-state index < -0.39 is 5.44 Å². The molecule has 7 atom stereocenters. The third-order valence-corrected chi connectivity index (χ3v) is 7.53. The molecule has 4 aliphatic rings. The fourth-order valence-electron chi connectivity index (χ4n) is 6.36. The SMILES string of the molecule is OC(S)C1=CC[C@H]2C(CC[C@H]3[C@@H]4CCC[C@H]4CC[C@@H]32)C1. The molecular weight excluding hydrogens is 264 g/mol. The number of hydrogen-bond donors (Lipinski definition) is 2. The quantitative estimate of drug-likeness (QED) is 0.416. The molecule has 3 fully saturated rings. The number of rotatable bonds is 1. The first-order chi connectivity index (χ1) is 9.74. The zero-order valence-corrected chi connectivity index (χ0v) is 13.3. The van der Waals surface area contributed by atoms with Gasteiger partial charge in [-0.3, -0.25) is 0 Å². The summed E-state index contributed by atoms with van der Waals surface area (Å²) in [6, 6.07) is 0. The Morgan fingerprint density at radius 3 is 2.45 bits per heavy atom. The van der Waals surface area contributed by atoms with Gasteiger partial charge in [-0.25, -0.2) is 0 Å². The van der Waals surface area contributed by atoms with E-state index >= 15 is 0 Å². The lowest BCUT2D eigenvalue weighted by atomic mass is 9.54. The number of hydrogen-bond acceptors (Lipinski definition) is 2. The second-order valence-electron chi connectivity index (χ2n) is 7.85. The van der Waals surface area contributed by atoms with Gasteiger partial charge in [-0.05, 0) is 86.0 Å². The molecule has 0 bridgehead atoms. The number of thiol groups is 1. The van der Waals surface area contributed by atoms with Gasteiger partial charge < -0.3 is 5.11 Å². The largest absolute Gasteiger partial charge is 0.379 e. The first kappa shape index (κ1) is 13.7. The van der Waals surface area contributed by atoms with Crippen LogP contribution in [0.25, 0.3) is 0 Å². The van der Waals surface area contributed by atoms with Crippen LogP contribution >= 0.6 is 12.6 Å². The standard InChI is InChI=1S/C18H28OS/c19-18(20)13-6-7-15-12(10-13)5-9-16-14-3-1-2-11(14)4-8-17(15)16/h6,11-12,14-20H,1-5,7-10H2/t11-,12?,14+,15-,16-,17+,18?/m0/s1. The summed E-state index contributed by atoms with van der Waals surface area (Å²) in [4.78, 5) is 0. The molecule has 2 heteroatoms. The third-order valence-electron chi connectivity index (χ3n) is 7.20. The Bertz CT molecular complexity index is 402. The molecule has 3 saturated carbocycles. The molecule has 0 aromatic rings. The van der Waals surface area contributed by atoms with Gasteiger partial charge in [0.2, 0.25) is 0 Å². The second kappa shape index (κ2) is 5.35. The van der Waals surface area contributed by atoms with E-state index in [1.165, 1.54) is 56.9 Å². The Hall–Kier alpha value is 0.0500. The highest BCUT2D eigenvalue weighted by atomic mass is 32.1. The second-order valence-corrected chi connectivity index (χ2v) is 8.34. The molecule has 0 aliphatic heterocycles. The van der Waals surface area contributed by atoms with Gasteiger partial charge in [0.25, 0.3) is 0 Å². The van der Waals surface area contributed by atoms with Crippen LogP contribution in [0.2, 0.25) is 0 Å². The minimum Gasteiger partial charge on any atom is -0.379 e. The summed E-state index contributed by atoms with van der Waals surface area (Å²) in [6.45, 7) is 0. The van der Waals surface area contributed by atoms with E-state index in [1.54, 1.807) is 0 Å². The van der Waals surface area contributed by atoms with Gasteiger partial charge in [-0.2, -0.15) is 0 Å². The third kappa shape index (κ3) is 2.18. The van der Waals surface area contributed by atoms with E-state index in [4.69, 9.17) is 0 Å². The first-order valence-electron chi connectivity index (χ1n) is 8.79. The fraction of sp³-hybridized carbons (Fsp3) is 0.889. The van der Waals surface area contributed by atoms with E-state index in [-0.39, 0.29) is 0 Å². The van der Waals surface area contributed by atoms with Gasteiger partial charge in [0.05, 0.1) is 0 Å². The number of aliphatic hydroxyl groups is 1. The Labute approximate surface area is 128 Å². The molecule has 0 aromatic heterocycles. The highest BCUT2D eigenvalue weighted by Gasteiger charge is 2.48. The van der Waals surface area contributed by atoms with Crippen molar-refractivity contribution in [2.75, 3.05) is 0 Å². The molecule has 4 aliphatic carbocycles. The van der Waals surface area contributed by atoms with Crippen molar-refractivity contribution in [3.05, 3.63) is 11.6 Å². The van der Waals surface area contributed by atoms with Crippen LogP contribution in [0.3, 0.4) is 0 Å². The molecule has 1 nitrogen and oxygen atoms in total. The van der Waals surface area contributed by atoms with Crippen LogP contribution in [-0.2, 0) is 0 Å². The minimum absolute atomic E-state index is 0.515. The van der Waals surface area contributed by atoms with Gasteiger partial charge >= 0.3 is 0 Å².